The molecule has 0 atom stereocenters. The molecule has 34 heavy (non-hydrogen) atoms. The Kier molecular flexibility index (Phi) is 6.72. The number of nitrogens with zero attached hydrogens (tertiary/aromatic N) is 3. The summed E-state index contributed by atoms with van der Waals surface area (Å²) < 4.78 is 10.9. The highest BCUT2D eigenvalue weighted by Crippen LogP contribution is 2.33. The lowest BCUT2D eigenvalue weighted by Crippen LogP contribution is -2.27. The topological polar surface area (TPSA) is 86.2 Å². The maximum atomic E-state index is 12.6. The van der Waals surface area contributed by atoms with E-state index in [1.807, 2.05) is 75.4 Å². The predicted molar refractivity (Wildman–Crippen MR) is 133 cm³/mol. The van der Waals surface area contributed by atoms with Crippen LogP contribution in [0.25, 0.3) is 22.0 Å². The molecule has 2 heterocycles. The van der Waals surface area contributed by atoms with Crippen molar-refractivity contribution >= 4 is 22.6 Å². The van der Waals surface area contributed by atoms with Gasteiger partial charge in [-0.05, 0) is 75.0 Å². The van der Waals surface area contributed by atoms with Gasteiger partial charge in [0, 0.05) is 35.5 Å². The first-order valence-corrected chi connectivity index (χ1v) is 11.1. The third kappa shape index (κ3) is 5.86. The van der Waals surface area contributed by atoms with Crippen LogP contribution >= 0.6 is 0 Å². The van der Waals surface area contributed by atoms with Crippen molar-refractivity contribution in [1.29, 1.82) is 0 Å². The lowest BCUT2D eigenvalue weighted by Gasteiger charge is -2.20. The van der Waals surface area contributed by atoms with Gasteiger partial charge in [-0.3, -0.25) is 10.3 Å². The van der Waals surface area contributed by atoms with E-state index in [4.69, 9.17) is 14.5 Å². The molecule has 2 aromatic heterocycles. The number of benzene rings is 2. The summed E-state index contributed by atoms with van der Waals surface area (Å²) >= 11 is 0. The number of methoxy groups -OCH3 is 1. The Labute approximate surface area is 199 Å². The summed E-state index contributed by atoms with van der Waals surface area (Å²) in [6.45, 7) is 5.49. The summed E-state index contributed by atoms with van der Waals surface area (Å²) in [4.78, 5) is 26.1. The molecule has 0 fully saturated rings. The zero-order valence-electron chi connectivity index (χ0n) is 19.8. The van der Waals surface area contributed by atoms with Gasteiger partial charge in [0.25, 0.3) is 0 Å². The number of hydrogen-bond acceptors (Lipinski definition) is 6. The van der Waals surface area contributed by atoms with Crippen LogP contribution in [0.15, 0.2) is 67.0 Å². The molecular weight excluding hydrogens is 428 g/mol. The van der Waals surface area contributed by atoms with Crippen LogP contribution in [-0.4, -0.2) is 33.8 Å². The van der Waals surface area contributed by atoms with E-state index in [9.17, 15) is 4.79 Å². The number of fused-ring (bicyclic) bond motifs is 1. The van der Waals surface area contributed by atoms with Crippen LogP contribution in [0.2, 0.25) is 0 Å². The molecule has 7 nitrogen and oxygen atoms in total. The second-order valence-corrected chi connectivity index (χ2v) is 8.92. The van der Waals surface area contributed by atoms with Crippen molar-refractivity contribution in [3.8, 4) is 17.0 Å². The molecular formula is C27H28N4O3. The average molecular weight is 457 g/mol. The maximum absolute atomic E-state index is 12.6. The molecule has 174 valence electrons. The van der Waals surface area contributed by atoms with Crippen molar-refractivity contribution in [2.75, 3.05) is 12.4 Å². The number of amides is 1. The molecule has 7 heteroatoms. The summed E-state index contributed by atoms with van der Waals surface area (Å²) in [5.41, 5.74) is 2.65. The van der Waals surface area contributed by atoms with E-state index < -0.39 is 11.7 Å². The van der Waals surface area contributed by atoms with Gasteiger partial charge in [-0.2, -0.15) is 0 Å². The molecule has 0 saturated carbocycles. The first-order valence-electron chi connectivity index (χ1n) is 11.1. The number of anilines is 1. The van der Waals surface area contributed by atoms with Crippen molar-refractivity contribution < 1.29 is 14.3 Å². The van der Waals surface area contributed by atoms with Crippen molar-refractivity contribution in [3.63, 3.8) is 0 Å². The average Bonchev–Trinajstić information content (AvgIpc) is 2.82. The molecule has 0 radical (unpaired) electrons. The summed E-state index contributed by atoms with van der Waals surface area (Å²) in [5.74, 6) is 1.44. The van der Waals surface area contributed by atoms with Gasteiger partial charge in [0.05, 0.1) is 18.5 Å². The van der Waals surface area contributed by atoms with Crippen LogP contribution in [0.3, 0.4) is 0 Å². The minimum absolute atomic E-state index is 0.521. The highest BCUT2D eigenvalue weighted by Gasteiger charge is 2.18. The van der Waals surface area contributed by atoms with Crippen molar-refractivity contribution in [2.45, 2.75) is 39.2 Å². The van der Waals surface area contributed by atoms with Gasteiger partial charge in [-0.15, -0.1) is 0 Å². The molecule has 2 aromatic carbocycles. The van der Waals surface area contributed by atoms with Crippen LogP contribution < -0.4 is 10.1 Å². The second-order valence-electron chi connectivity index (χ2n) is 8.92. The molecule has 0 saturated heterocycles. The number of carbonyl (C=O) groups is 1. The Morgan fingerprint density at radius 3 is 2.56 bits per heavy atom. The van der Waals surface area contributed by atoms with Crippen LogP contribution in [0.5, 0.6) is 5.75 Å². The lowest BCUT2D eigenvalue weighted by molar-refractivity contribution is 0.0636. The number of rotatable bonds is 6. The lowest BCUT2D eigenvalue weighted by atomic mass is 10.0. The largest absolute Gasteiger partial charge is 0.497 e. The molecule has 4 rings (SSSR count). The van der Waals surface area contributed by atoms with Gasteiger partial charge < -0.3 is 9.47 Å². The van der Waals surface area contributed by atoms with Gasteiger partial charge in [0.1, 0.15) is 17.2 Å². The Morgan fingerprint density at radius 2 is 1.82 bits per heavy atom. The molecule has 0 aliphatic rings. The van der Waals surface area contributed by atoms with E-state index >= 15 is 0 Å². The number of aryl methyl sites for hydroxylation is 2. The number of ether oxygens (including phenoxy) is 2. The van der Waals surface area contributed by atoms with E-state index in [2.05, 4.69) is 15.3 Å². The molecule has 4 aromatic rings. The standard InChI is InChI=1S/C27H28N4O3/c1-27(2,3)34-26(32)31-24-16-19(15-18-8-10-21(33-4)17-22(18)24)23-12-14-29-25(30-23)11-9-20-7-5-6-13-28-20/h5-8,10,12-17H,9,11H2,1-4H3,(H,31,32). The molecule has 0 unspecified atom stereocenters. The van der Waals surface area contributed by atoms with Crippen LogP contribution in [0.1, 0.15) is 32.3 Å². The number of nitrogens with one attached hydrogen (secondary N) is 1. The van der Waals surface area contributed by atoms with Crippen molar-refractivity contribution in [3.05, 3.63) is 78.5 Å². The summed E-state index contributed by atoms with van der Waals surface area (Å²) in [7, 11) is 1.61. The Balaban J connectivity index is 1.68. The first-order chi connectivity index (χ1) is 16.3. The summed E-state index contributed by atoms with van der Waals surface area (Å²) in [6, 6.07) is 17.4. The normalized spacial score (nSPS) is 11.3. The number of hydrogen-bond donors (Lipinski definition) is 1. The molecule has 0 aliphatic heterocycles. The quantitative estimate of drug-likeness (QED) is 0.393. The zero-order valence-corrected chi connectivity index (χ0v) is 19.8. The monoisotopic (exact) mass is 456 g/mol. The van der Waals surface area contributed by atoms with Gasteiger partial charge in [-0.25, -0.2) is 14.8 Å². The molecule has 1 N–H and O–H groups in total. The fourth-order valence-corrected chi connectivity index (χ4v) is 3.59. The fourth-order valence-electron chi connectivity index (χ4n) is 3.59. The zero-order chi connectivity index (χ0) is 24.1. The molecule has 0 aliphatic carbocycles. The highest BCUT2D eigenvalue weighted by atomic mass is 16.6. The van der Waals surface area contributed by atoms with Gasteiger partial charge in [0.15, 0.2) is 0 Å². The Morgan fingerprint density at radius 1 is 0.971 bits per heavy atom. The second kappa shape index (κ2) is 9.87. The molecule has 1 amide bonds. The maximum Gasteiger partial charge on any atom is 0.412 e. The van der Waals surface area contributed by atoms with Crippen LogP contribution in [0, 0.1) is 0 Å². The van der Waals surface area contributed by atoms with Crippen molar-refractivity contribution in [1.82, 2.24) is 15.0 Å². The van der Waals surface area contributed by atoms with E-state index in [1.165, 1.54) is 0 Å². The van der Waals surface area contributed by atoms with Crippen LogP contribution in [0.4, 0.5) is 10.5 Å². The van der Waals surface area contributed by atoms with E-state index in [0.717, 1.165) is 40.0 Å². The Bertz CT molecular complexity index is 1300. The fraction of sp³-hybridized carbons (Fsp3) is 0.259. The minimum Gasteiger partial charge on any atom is -0.497 e. The van der Waals surface area contributed by atoms with Gasteiger partial charge in [-0.1, -0.05) is 12.1 Å². The van der Waals surface area contributed by atoms with E-state index in [1.54, 1.807) is 19.5 Å². The van der Waals surface area contributed by atoms with E-state index in [-0.39, 0.29) is 0 Å². The third-order valence-corrected chi connectivity index (χ3v) is 5.13. The van der Waals surface area contributed by atoms with Gasteiger partial charge >= 0.3 is 6.09 Å². The number of aromatic nitrogens is 3. The van der Waals surface area contributed by atoms with E-state index in [0.29, 0.717) is 17.9 Å². The summed E-state index contributed by atoms with van der Waals surface area (Å²) in [5, 5.41) is 4.68. The smallest absolute Gasteiger partial charge is 0.412 e. The van der Waals surface area contributed by atoms with Gasteiger partial charge in [0.2, 0.25) is 0 Å². The first kappa shape index (κ1) is 23.2. The third-order valence-electron chi connectivity index (χ3n) is 5.13. The SMILES string of the molecule is COc1ccc2cc(-c3ccnc(CCc4ccccn4)n3)cc(NC(=O)OC(C)(C)C)c2c1. The molecule has 0 bridgehead atoms. The van der Waals surface area contributed by atoms with Crippen molar-refractivity contribution in [2.24, 2.45) is 0 Å². The van der Waals surface area contributed by atoms with Crippen LogP contribution in [-0.2, 0) is 17.6 Å². The number of carbonyl (C=O) groups excluding carboxylic acids is 1. The Hall–Kier alpha value is -4.00. The highest BCUT2D eigenvalue weighted by molar-refractivity contribution is 6.03. The summed E-state index contributed by atoms with van der Waals surface area (Å²) in [6.07, 6.45) is 4.46. The number of pyridine rings is 1. The minimum atomic E-state index is -0.607. The molecule has 0 spiro atoms. The predicted octanol–water partition coefficient (Wildman–Crippen LogP) is 5.83.